The van der Waals surface area contributed by atoms with E-state index in [0.29, 0.717) is 10.8 Å². The van der Waals surface area contributed by atoms with Crippen molar-refractivity contribution in [3.8, 4) is 0 Å². The van der Waals surface area contributed by atoms with Gasteiger partial charge in [0.15, 0.2) is 0 Å². The van der Waals surface area contributed by atoms with Gasteiger partial charge in [-0.3, -0.25) is 0 Å². The lowest BCUT2D eigenvalue weighted by Gasteiger charge is -2.41. The molecule has 0 aromatic carbocycles. The predicted octanol–water partition coefficient (Wildman–Crippen LogP) is 2.89. The second-order valence-electron chi connectivity index (χ2n) is 7.12. The summed E-state index contributed by atoms with van der Waals surface area (Å²) in [5.74, 6) is 0. The summed E-state index contributed by atoms with van der Waals surface area (Å²) in [7, 11) is 0. The van der Waals surface area contributed by atoms with Gasteiger partial charge in [0.25, 0.3) is 0 Å². The van der Waals surface area contributed by atoms with Gasteiger partial charge in [-0.15, -0.1) is 0 Å². The minimum absolute atomic E-state index is 0.586. The summed E-state index contributed by atoms with van der Waals surface area (Å²) in [5.41, 5.74) is 1.18. The van der Waals surface area contributed by atoms with Crippen LogP contribution in [0.5, 0.6) is 0 Å². The van der Waals surface area contributed by atoms with Crippen LogP contribution in [0.15, 0.2) is 0 Å². The summed E-state index contributed by atoms with van der Waals surface area (Å²) in [5, 5.41) is 3.58. The lowest BCUT2D eigenvalue weighted by molar-refractivity contribution is 0.0844. The quantitative estimate of drug-likeness (QED) is 0.810. The van der Waals surface area contributed by atoms with Gasteiger partial charge in [0.1, 0.15) is 0 Å². The third-order valence-electron chi connectivity index (χ3n) is 4.88. The van der Waals surface area contributed by atoms with Gasteiger partial charge in [-0.2, -0.15) is 0 Å². The molecular weight excluding hydrogens is 208 g/mol. The second kappa shape index (κ2) is 5.27. The van der Waals surface area contributed by atoms with Crippen molar-refractivity contribution in [1.29, 1.82) is 0 Å². The number of nitrogens with one attached hydrogen (secondary N) is 1. The molecule has 1 unspecified atom stereocenters. The highest BCUT2D eigenvalue weighted by Gasteiger charge is 2.36. The largest absolute Gasteiger partial charge is 0.316 e. The molecule has 0 spiro atoms. The van der Waals surface area contributed by atoms with Crippen LogP contribution in [0.1, 0.15) is 52.9 Å². The molecule has 2 heteroatoms. The van der Waals surface area contributed by atoms with Gasteiger partial charge in [0, 0.05) is 13.1 Å². The number of hydrogen-bond acceptors (Lipinski definition) is 2. The first-order valence-corrected chi connectivity index (χ1v) is 7.48. The highest BCUT2D eigenvalue weighted by atomic mass is 15.1. The van der Waals surface area contributed by atoms with Crippen LogP contribution in [0.25, 0.3) is 0 Å². The molecule has 17 heavy (non-hydrogen) atoms. The van der Waals surface area contributed by atoms with Crippen molar-refractivity contribution in [2.45, 2.75) is 52.9 Å². The van der Waals surface area contributed by atoms with Gasteiger partial charge < -0.3 is 10.2 Å². The van der Waals surface area contributed by atoms with Gasteiger partial charge in [-0.05, 0) is 56.1 Å². The molecule has 2 fully saturated rings. The van der Waals surface area contributed by atoms with Gasteiger partial charge in [0.2, 0.25) is 0 Å². The standard InChI is InChI=1S/C15H30N2/c1-4-5-15(6-9-16-12-15)13-17-10-7-14(2,3)8-11-17/h16H,4-13H2,1-3H3. The van der Waals surface area contributed by atoms with Crippen molar-refractivity contribution < 1.29 is 0 Å². The Kier molecular flexibility index (Phi) is 4.14. The number of nitrogens with zero attached hydrogens (tertiary/aromatic N) is 1. The molecule has 2 saturated heterocycles. The van der Waals surface area contributed by atoms with Crippen molar-refractivity contribution in [2.75, 3.05) is 32.7 Å². The van der Waals surface area contributed by atoms with E-state index < -0.39 is 0 Å². The normalized spacial score (nSPS) is 34.1. The maximum Gasteiger partial charge on any atom is 0.00506 e. The van der Waals surface area contributed by atoms with Crippen LogP contribution in [-0.4, -0.2) is 37.6 Å². The predicted molar refractivity (Wildman–Crippen MR) is 74.3 cm³/mol. The lowest BCUT2D eigenvalue weighted by atomic mass is 9.79. The van der Waals surface area contributed by atoms with Crippen molar-refractivity contribution in [3.63, 3.8) is 0 Å². The third-order valence-corrected chi connectivity index (χ3v) is 4.88. The topological polar surface area (TPSA) is 15.3 Å². The van der Waals surface area contributed by atoms with E-state index in [1.165, 1.54) is 64.8 Å². The molecule has 0 bridgehead atoms. The van der Waals surface area contributed by atoms with E-state index in [1.807, 2.05) is 0 Å². The first-order chi connectivity index (χ1) is 8.05. The SMILES string of the molecule is CCCC1(CN2CCC(C)(C)CC2)CCNC1. The smallest absolute Gasteiger partial charge is 0.00506 e. The number of hydrogen-bond donors (Lipinski definition) is 1. The van der Waals surface area contributed by atoms with Crippen LogP contribution in [0.3, 0.4) is 0 Å². The molecule has 2 aliphatic heterocycles. The number of likely N-dealkylation sites (tertiary alicyclic amines) is 1. The molecule has 0 aromatic heterocycles. The summed E-state index contributed by atoms with van der Waals surface area (Å²) < 4.78 is 0. The first kappa shape index (κ1) is 13.4. The summed E-state index contributed by atoms with van der Waals surface area (Å²) in [6, 6.07) is 0. The maximum absolute atomic E-state index is 3.58. The van der Waals surface area contributed by atoms with E-state index in [9.17, 15) is 0 Å². The lowest BCUT2D eigenvalue weighted by Crippen LogP contribution is -2.44. The Labute approximate surface area is 107 Å². The van der Waals surface area contributed by atoms with E-state index in [0.717, 1.165) is 0 Å². The summed E-state index contributed by atoms with van der Waals surface area (Å²) >= 11 is 0. The Bertz CT molecular complexity index is 231. The molecular formula is C15H30N2. The van der Waals surface area contributed by atoms with Crippen molar-refractivity contribution in [3.05, 3.63) is 0 Å². The van der Waals surface area contributed by atoms with Crippen molar-refractivity contribution in [1.82, 2.24) is 10.2 Å². The molecule has 0 radical (unpaired) electrons. The van der Waals surface area contributed by atoms with Gasteiger partial charge in [-0.1, -0.05) is 27.2 Å². The monoisotopic (exact) mass is 238 g/mol. The first-order valence-electron chi connectivity index (χ1n) is 7.48. The van der Waals surface area contributed by atoms with Crippen molar-refractivity contribution >= 4 is 0 Å². The Morgan fingerprint density at radius 2 is 1.82 bits per heavy atom. The van der Waals surface area contributed by atoms with Gasteiger partial charge in [-0.25, -0.2) is 0 Å². The molecule has 1 atom stereocenters. The van der Waals surface area contributed by atoms with Crippen LogP contribution >= 0.6 is 0 Å². The van der Waals surface area contributed by atoms with E-state index in [4.69, 9.17) is 0 Å². The summed E-state index contributed by atoms with van der Waals surface area (Å²) in [4.78, 5) is 2.73. The number of rotatable bonds is 4. The molecule has 0 saturated carbocycles. The van der Waals surface area contributed by atoms with Gasteiger partial charge in [0.05, 0.1) is 0 Å². The third kappa shape index (κ3) is 3.45. The molecule has 1 N–H and O–H groups in total. The average Bonchev–Trinajstić information content (AvgIpc) is 2.71. The van der Waals surface area contributed by atoms with Crippen LogP contribution in [0.4, 0.5) is 0 Å². The molecule has 0 aromatic rings. The average molecular weight is 238 g/mol. The van der Waals surface area contributed by atoms with Crippen molar-refractivity contribution in [2.24, 2.45) is 10.8 Å². The number of piperidine rings is 1. The zero-order valence-corrected chi connectivity index (χ0v) is 12.0. The van der Waals surface area contributed by atoms with E-state index in [2.05, 4.69) is 31.0 Å². The summed E-state index contributed by atoms with van der Waals surface area (Å²) in [6.07, 6.45) is 6.88. The fourth-order valence-electron chi connectivity index (χ4n) is 3.54. The maximum atomic E-state index is 3.58. The van der Waals surface area contributed by atoms with Crippen LogP contribution < -0.4 is 5.32 Å². The van der Waals surface area contributed by atoms with Crippen LogP contribution in [0.2, 0.25) is 0 Å². The molecule has 2 rings (SSSR count). The molecule has 0 aliphatic carbocycles. The second-order valence-corrected chi connectivity index (χ2v) is 7.12. The Balaban J connectivity index is 1.87. The van der Waals surface area contributed by atoms with Crippen LogP contribution in [-0.2, 0) is 0 Å². The van der Waals surface area contributed by atoms with Gasteiger partial charge >= 0.3 is 0 Å². The molecule has 100 valence electrons. The fraction of sp³-hybridized carbons (Fsp3) is 1.00. The zero-order chi connectivity index (χ0) is 12.4. The Hall–Kier alpha value is -0.0800. The minimum atomic E-state index is 0.586. The molecule has 2 heterocycles. The zero-order valence-electron chi connectivity index (χ0n) is 12.0. The Morgan fingerprint density at radius 1 is 1.12 bits per heavy atom. The molecule has 2 aliphatic rings. The summed E-state index contributed by atoms with van der Waals surface area (Å²) in [6.45, 7) is 13.6. The van der Waals surface area contributed by atoms with E-state index >= 15 is 0 Å². The highest BCUT2D eigenvalue weighted by Crippen LogP contribution is 2.35. The van der Waals surface area contributed by atoms with Crippen LogP contribution in [0, 0.1) is 10.8 Å². The molecule has 2 nitrogen and oxygen atoms in total. The van der Waals surface area contributed by atoms with E-state index in [1.54, 1.807) is 0 Å². The highest BCUT2D eigenvalue weighted by molar-refractivity contribution is 4.91. The Morgan fingerprint density at radius 3 is 2.35 bits per heavy atom. The molecule has 0 amide bonds. The fourth-order valence-corrected chi connectivity index (χ4v) is 3.54. The van der Waals surface area contributed by atoms with E-state index in [-0.39, 0.29) is 0 Å². The minimum Gasteiger partial charge on any atom is -0.316 e.